The van der Waals surface area contributed by atoms with Crippen molar-refractivity contribution in [2.45, 2.75) is 13.5 Å². The van der Waals surface area contributed by atoms with Gasteiger partial charge in [-0.3, -0.25) is 10.1 Å². The Hall–Kier alpha value is -5.91. The molecule has 0 atom stereocenters. The first kappa shape index (κ1) is 30.1. The van der Waals surface area contributed by atoms with E-state index in [1.54, 1.807) is 36.4 Å². The molecule has 12 heteroatoms. The molecule has 1 N–H and O–H groups in total. The first-order valence-electron chi connectivity index (χ1n) is 12.8. The van der Waals surface area contributed by atoms with Crippen LogP contribution in [-0.4, -0.2) is 42.9 Å². The van der Waals surface area contributed by atoms with Crippen molar-refractivity contribution in [1.29, 1.82) is 0 Å². The third kappa shape index (κ3) is 8.30. The van der Waals surface area contributed by atoms with Gasteiger partial charge in [-0.1, -0.05) is 45.8 Å². The topological polar surface area (TPSA) is 147 Å². The average Bonchev–Trinajstić information content (AvgIpc) is 3.01. The molecule has 0 bridgehead atoms. The predicted molar refractivity (Wildman–Crippen MR) is 161 cm³/mol. The number of phenolic OH excluding ortho intramolecular Hbond substituents is 1. The summed E-state index contributed by atoms with van der Waals surface area (Å²) >= 11 is 0. The quantitative estimate of drug-likeness (QED) is 0.114. The van der Waals surface area contributed by atoms with Gasteiger partial charge < -0.3 is 29.1 Å². The maximum Gasteiger partial charge on any atom is 0.315 e. The number of nitrogens with zero attached hydrogens (tertiary/aromatic N) is 4. The molecule has 0 saturated heterocycles. The van der Waals surface area contributed by atoms with E-state index in [1.165, 1.54) is 45.0 Å². The number of nitro benzene ring substituents is 1. The molecule has 4 rings (SSSR count). The van der Waals surface area contributed by atoms with E-state index in [0.717, 1.165) is 11.1 Å². The lowest BCUT2D eigenvalue weighted by atomic mass is 10.1. The summed E-state index contributed by atoms with van der Waals surface area (Å²) in [4.78, 5) is 27.2. The lowest BCUT2D eigenvalue weighted by molar-refractivity contribution is -0.385. The third-order valence-electron chi connectivity index (χ3n) is 5.94. The largest absolute Gasteiger partial charge is 0.502 e. The van der Waals surface area contributed by atoms with Gasteiger partial charge in [-0.25, -0.2) is 0 Å². The van der Waals surface area contributed by atoms with Crippen molar-refractivity contribution in [3.05, 3.63) is 117 Å². The lowest BCUT2D eigenvalue weighted by Crippen LogP contribution is -1.96. The van der Waals surface area contributed by atoms with E-state index < -0.39 is 4.92 Å². The maximum atomic E-state index is 11.6. The number of aryl methyl sites for hydroxylation is 1. The highest BCUT2D eigenvalue weighted by Crippen LogP contribution is 2.36. The number of rotatable bonds is 13. The van der Waals surface area contributed by atoms with E-state index in [-0.39, 0.29) is 35.3 Å². The number of hydrogen-bond donors (Lipinski definition) is 1. The van der Waals surface area contributed by atoms with Gasteiger partial charge in [0.05, 0.1) is 37.8 Å². The Labute approximate surface area is 247 Å². The highest BCUT2D eigenvalue weighted by atomic mass is 16.7. The molecule has 0 amide bonds. The Kier molecular flexibility index (Phi) is 10.2. The molecule has 0 aliphatic rings. The first-order valence-corrected chi connectivity index (χ1v) is 12.8. The number of methoxy groups -OCH3 is 2. The Morgan fingerprint density at radius 1 is 0.744 bits per heavy atom. The zero-order chi connectivity index (χ0) is 30.6. The first-order chi connectivity index (χ1) is 20.9. The normalized spacial score (nSPS) is 11.2. The molecule has 0 spiro atoms. The number of phenols is 1. The van der Waals surface area contributed by atoms with Crippen molar-refractivity contribution in [2.24, 2.45) is 15.5 Å². The number of nitro groups is 1. The van der Waals surface area contributed by atoms with E-state index in [1.807, 2.05) is 37.3 Å². The van der Waals surface area contributed by atoms with Crippen molar-refractivity contribution in [3.8, 4) is 28.7 Å². The fourth-order valence-electron chi connectivity index (χ4n) is 3.75. The molecule has 0 aliphatic heterocycles. The van der Waals surface area contributed by atoms with E-state index in [9.17, 15) is 15.2 Å². The Balaban J connectivity index is 1.36. The summed E-state index contributed by atoms with van der Waals surface area (Å²) in [5.74, 6) is 0.829. The molecule has 0 saturated carbocycles. The fourth-order valence-corrected chi connectivity index (χ4v) is 3.75. The van der Waals surface area contributed by atoms with Crippen molar-refractivity contribution >= 4 is 24.3 Å². The van der Waals surface area contributed by atoms with Crippen LogP contribution in [0.2, 0.25) is 0 Å². The second-order valence-corrected chi connectivity index (χ2v) is 8.93. The number of oxime groups is 3. The van der Waals surface area contributed by atoms with Crippen LogP contribution in [0.4, 0.5) is 5.69 Å². The van der Waals surface area contributed by atoms with Gasteiger partial charge >= 0.3 is 5.69 Å². The van der Waals surface area contributed by atoms with Crippen molar-refractivity contribution < 1.29 is 34.0 Å². The molecule has 0 fully saturated rings. The van der Waals surface area contributed by atoms with E-state index in [0.29, 0.717) is 22.4 Å². The number of hydrogen-bond acceptors (Lipinski definition) is 11. The zero-order valence-electron chi connectivity index (χ0n) is 23.5. The molecular weight excluding hydrogens is 556 g/mol. The van der Waals surface area contributed by atoms with Gasteiger partial charge in [0.25, 0.3) is 0 Å². The second kappa shape index (κ2) is 14.6. The van der Waals surface area contributed by atoms with Gasteiger partial charge in [0.1, 0.15) is 6.61 Å². The SMILES string of the molecule is COc1cc(/C=N/Oc2ccc(/C=N/Oc3ccc(/C=N/OCc4ccccc4)cc3[N+](=O)[O-])cc2C)cc(OC)c1O. The smallest absolute Gasteiger partial charge is 0.315 e. The highest BCUT2D eigenvalue weighted by Gasteiger charge is 2.16. The molecule has 0 unspecified atom stereocenters. The average molecular weight is 585 g/mol. The van der Waals surface area contributed by atoms with Gasteiger partial charge in [-0.15, -0.1) is 0 Å². The summed E-state index contributed by atoms with van der Waals surface area (Å²) in [6.07, 6.45) is 4.26. The van der Waals surface area contributed by atoms with Gasteiger partial charge in [0.15, 0.2) is 17.2 Å². The molecule has 0 aromatic heterocycles. The van der Waals surface area contributed by atoms with Crippen LogP contribution in [0.15, 0.2) is 94.3 Å². The standard InChI is InChI=1S/C31H28N4O8/c1-21-13-23(9-11-27(21)42-34-19-25-15-29(39-2)31(36)30(16-25)40-3)18-33-43-28-12-10-24(14-26(28)35(37)38)17-32-41-20-22-7-5-4-6-8-22/h4-19,36H,20H2,1-3H3/b32-17+,33-18+,34-19+. The number of benzene rings is 4. The zero-order valence-corrected chi connectivity index (χ0v) is 23.5. The van der Waals surface area contributed by atoms with Gasteiger partial charge in [-0.2, -0.15) is 0 Å². The van der Waals surface area contributed by atoms with Crippen LogP contribution in [0.1, 0.15) is 27.8 Å². The summed E-state index contributed by atoms with van der Waals surface area (Å²) < 4.78 is 10.3. The van der Waals surface area contributed by atoms with Crippen molar-refractivity contribution in [3.63, 3.8) is 0 Å². The van der Waals surface area contributed by atoms with Crippen LogP contribution in [0.3, 0.4) is 0 Å². The predicted octanol–water partition coefficient (Wildman–Crippen LogP) is 6.00. The summed E-state index contributed by atoms with van der Waals surface area (Å²) in [5.41, 5.74) is 3.16. The van der Waals surface area contributed by atoms with Crippen LogP contribution in [0.5, 0.6) is 28.7 Å². The third-order valence-corrected chi connectivity index (χ3v) is 5.94. The van der Waals surface area contributed by atoms with Crippen LogP contribution >= 0.6 is 0 Å². The minimum atomic E-state index is -0.561. The Bertz CT molecular complexity index is 1630. The van der Waals surface area contributed by atoms with E-state index >= 15 is 0 Å². The Morgan fingerprint density at radius 2 is 1.33 bits per heavy atom. The summed E-state index contributed by atoms with van der Waals surface area (Å²) in [6, 6.07) is 22.2. The lowest BCUT2D eigenvalue weighted by Gasteiger charge is -2.09. The summed E-state index contributed by atoms with van der Waals surface area (Å²) in [7, 11) is 2.87. The van der Waals surface area contributed by atoms with Crippen LogP contribution in [0, 0.1) is 17.0 Å². The van der Waals surface area contributed by atoms with Gasteiger partial charge in [0, 0.05) is 17.2 Å². The minimum Gasteiger partial charge on any atom is -0.502 e. The molecule has 0 aliphatic carbocycles. The molecule has 4 aromatic rings. The maximum absolute atomic E-state index is 11.6. The number of aromatic hydroxyl groups is 1. The van der Waals surface area contributed by atoms with Crippen LogP contribution in [-0.2, 0) is 11.4 Å². The fraction of sp³-hybridized carbons (Fsp3) is 0.129. The van der Waals surface area contributed by atoms with Crippen LogP contribution in [0.25, 0.3) is 0 Å². The van der Waals surface area contributed by atoms with Crippen molar-refractivity contribution in [2.75, 3.05) is 14.2 Å². The molecule has 4 aromatic carbocycles. The second-order valence-electron chi connectivity index (χ2n) is 8.93. The molecular formula is C31H28N4O8. The molecule has 220 valence electrons. The van der Waals surface area contributed by atoms with Gasteiger partial charge in [-0.05, 0) is 66.1 Å². The Morgan fingerprint density at radius 3 is 1.95 bits per heavy atom. The molecule has 12 nitrogen and oxygen atoms in total. The van der Waals surface area contributed by atoms with Crippen molar-refractivity contribution in [1.82, 2.24) is 0 Å². The minimum absolute atomic E-state index is 0.0305. The number of ether oxygens (including phenoxy) is 2. The summed E-state index contributed by atoms with van der Waals surface area (Å²) in [6.45, 7) is 2.10. The monoisotopic (exact) mass is 584 g/mol. The summed E-state index contributed by atoms with van der Waals surface area (Å²) in [5, 5.41) is 33.4. The highest BCUT2D eigenvalue weighted by molar-refractivity contribution is 5.83. The van der Waals surface area contributed by atoms with Crippen LogP contribution < -0.4 is 19.1 Å². The van der Waals surface area contributed by atoms with E-state index in [2.05, 4.69) is 15.5 Å². The molecule has 0 radical (unpaired) electrons. The molecule has 43 heavy (non-hydrogen) atoms. The van der Waals surface area contributed by atoms with E-state index in [4.69, 9.17) is 24.0 Å². The van der Waals surface area contributed by atoms with Gasteiger partial charge in [0.2, 0.25) is 11.5 Å². The molecule has 0 heterocycles.